The van der Waals surface area contributed by atoms with Crippen LogP contribution in [0.4, 0.5) is 0 Å². The first kappa shape index (κ1) is 21.7. The van der Waals surface area contributed by atoms with Gasteiger partial charge < -0.3 is 5.11 Å². The second-order valence-corrected chi connectivity index (χ2v) is 12.2. The molecule has 8 atom stereocenters. The van der Waals surface area contributed by atoms with Crippen LogP contribution >= 0.6 is 0 Å². The SMILES string of the molecule is C=C(CC[C@@H](C)[C@H]1CC[C@H]2[C@@H]3CCC4=CC(O)CC[C@]4(C)[C@H]3CC[C@]12C)C(C)C. The molecule has 0 radical (unpaired) electrons. The Bertz CT molecular complexity index is 659. The quantitative estimate of drug-likeness (QED) is 0.474. The molecule has 0 aromatic heterocycles. The first-order valence-electron chi connectivity index (χ1n) is 12.7. The highest BCUT2D eigenvalue weighted by molar-refractivity contribution is 5.25. The largest absolute Gasteiger partial charge is 0.389 e. The van der Waals surface area contributed by atoms with Crippen LogP contribution < -0.4 is 0 Å². The van der Waals surface area contributed by atoms with E-state index >= 15 is 0 Å². The first-order chi connectivity index (χ1) is 13.7. The molecule has 0 aromatic carbocycles. The van der Waals surface area contributed by atoms with Crippen molar-refractivity contribution in [2.24, 2.45) is 46.3 Å². The van der Waals surface area contributed by atoms with Crippen LogP contribution in [0.15, 0.2) is 23.8 Å². The van der Waals surface area contributed by atoms with Gasteiger partial charge in [-0.25, -0.2) is 0 Å². The zero-order valence-electron chi connectivity index (χ0n) is 19.8. The number of allylic oxidation sites excluding steroid dienone is 2. The highest BCUT2D eigenvalue weighted by atomic mass is 16.3. The van der Waals surface area contributed by atoms with Crippen LogP contribution in [-0.2, 0) is 0 Å². The van der Waals surface area contributed by atoms with Crippen LogP contribution in [0.5, 0.6) is 0 Å². The minimum absolute atomic E-state index is 0.180. The van der Waals surface area contributed by atoms with Gasteiger partial charge in [0.15, 0.2) is 0 Å². The summed E-state index contributed by atoms with van der Waals surface area (Å²) < 4.78 is 0. The van der Waals surface area contributed by atoms with Gasteiger partial charge in [0.25, 0.3) is 0 Å². The van der Waals surface area contributed by atoms with Crippen molar-refractivity contribution in [2.45, 2.75) is 105 Å². The molecule has 0 aromatic rings. The second-order valence-electron chi connectivity index (χ2n) is 12.2. The van der Waals surface area contributed by atoms with Gasteiger partial charge in [-0.1, -0.05) is 58.4 Å². The van der Waals surface area contributed by atoms with E-state index < -0.39 is 0 Å². The molecule has 4 rings (SSSR count). The third-order valence-corrected chi connectivity index (χ3v) is 10.6. The van der Waals surface area contributed by atoms with E-state index in [4.69, 9.17) is 0 Å². The first-order valence-corrected chi connectivity index (χ1v) is 12.7. The normalized spacial score (nSPS) is 45.2. The van der Waals surface area contributed by atoms with Gasteiger partial charge in [-0.2, -0.15) is 0 Å². The standard InChI is InChI=1S/C28H46O/c1-18(2)19(3)7-8-20(4)24-11-12-25-23-10-9-21-17-22(29)13-15-27(21,5)26(23)14-16-28(24,25)6/h17-18,20,22-26,29H,3,7-16H2,1-2,4-6H3/t20-,22?,23+,24-,25+,26+,27+,28-/m1/s1. The summed E-state index contributed by atoms with van der Waals surface area (Å²) in [5.41, 5.74) is 3.99. The molecule has 29 heavy (non-hydrogen) atoms. The molecule has 1 nitrogen and oxygen atoms in total. The molecule has 0 amide bonds. The van der Waals surface area contributed by atoms with Crippen LogP contribution in [0.3, 0.4) is 0 Å². The predicted octanol–water partition coefficient (Wildman–Crippen LogP) is 7.55. The van der Waals surface area contributed by atoms with Gasteiger partial charge in [0.05, 0.1) is 6.10 Å². The molecule has 3 fully saturated rings. The van der Waals surface area contributed by atoms with Gasteiger partial charge in [-0.05, 0) is 111 Å². The molecule has 0 aliphatic heterocycles. The van der Waals surface area contributed by atoms with Crippen molar-refractivity contribution in [1.29, 1.82) is 0 Å². The van der Waals surface area contributed by atoms with Crippen molar-refractivity contribution in [3.8, 4) is 0 Å². The number of hydrogen-bond donors (Lipinski definition) is 1. The van der Waals surface area contributed by atoms with Crippen LogP contribution in [0.2, 0.25) is 0 Å². The third-order valence-electron chi connectivity index (χ3n) is 10.6. The minimum Gasteiger partial charge on any atom is -0.389 e. The summed E-state index contributed by atoms with van der Waals surface area (Å²) in [4.78, 5) is 0. The second kappa shape index (κ2) is 7.85. The highest BCUT2D eigenvalue weighted by Gasteiger charge is 2.59. The fourth-order valence-corrected chi connectivity index (χ4v) is 8.59. The molecule has 4 aliphatic carbocycles. The summed E-state index contributed by atoms with van der Waals surface area (Å²) in [6, 6.07) is 0. The predicted molar refractivity (Wildman–Crippen MR) is 124 cm³/mol. The summed E-state index contributed by atoms with van der Waals surface area (Å²) in [6.07, 6.45) is 15.2. The maximum Gasteiger partial charge on any atom is 0.0724 e. The molecule has 1 N–H and O–H groups in total. The Hall–Kier alpha value is -0.560. The smallest absolute Gasteiger partial charge is 0.0724 e. The van der Waals surface area contributed by atoms with Gasteiger partial charge in [-0.3, -0.25) is 0 Å². The monoisotopic (exact) mass is 398 g/mol. The van der Waals surface area contributed by atoms with Crippen molar-refractivity contribution in [2.75, 3.05) is 0 Å². The zero-order chi connectivity index (χ0) is 21.0. The van der Waals surface area contributed by atoms with Crippen molar-refractivity contribution in [3.63, 3.8) is 0 Å². The summed E-state index contributed by atoms with van der Waals surface area (Å²) >= 11 is 0. The van der Waals surface area contributed by atoms with E-state index in [1.165, 1.54) is 63.4 Å². The lowest BCUT2D eigenvalue weighted by Gasteiger charge is -2.59. The lowest BCUT2D eigenvalue weighted by atomic mass is 9.46. The van der Waals surface area contributed by atoms with E-state index in [1.807, 2.05) is 0 Å². The summed E-state index contributed by atoms with van der Waals surface area (Å²) in [5, 5.41) is 10.2. The summed E-state index contributed by atoms with van der Waals surface area (Å²) in [6.45, 7) is 16.7. The molecule has 0 spiro atoms. The number of aliphatic hydroxyl groups is 1. The molecule has 4 aliphatic rings. The molecular weight excluding hydrogens is 352 g/mol. The average molecular weight is 399 g/mol. The fraction of sp³-hybridized carbons (Fsp3) is 0.857. The van der Waals surface area contributed by atoms with Gasteiger partial charge in [0, 0.05) is 0 Å². The number of aliphatic hydroxyl groups excluding tert-OH is 1. The Morgan fingerprint density at radius 1 is 1.07 bits per heavy atom. The van der Waals surface area contributed by atoms with Gasteiger partial charge in [0.2, 0.25) is 0 Å². The zero-order valence-corrected chi connectivity index (χ0v) is 19.8. The summed E-state index contributed by atoms with van der Waals surface area (Å²) in [5.74, 6) is 5.09. The van der Waals surface area contributed by atoms with Crippen molar-refractivity contribution >= 4 is 0 Å². The molecule has 0 saturated heterocycles. The number of fused-ring (bicyclic) bond motifs is 5. The van der Waals surface area contributed by atoms with Crippen LogP contribution in [0, 0.1) is 46.3 Å². The van der Waals surface area contributed by atoms with E-state index in [-0.39, 0.29) is 6.10 Å². The third kappa shape index (κ3) is 3.58. The van der Waals surface area contributed by atoms with Crippen molar-refractivity contribution in [1.82, 2.24) is 0 Å². The lowest BCUT2D eigenvalue weighted by Crippen LogP contribution is -2.51. The Morgan fingerprint density at radius 2 is 1.83 bits per heavy atom. The topological polar surface area (TPSA) is 20.2 Å². The molecule has 0 heterocycles. The molecule has 1 unspecified atom stereocenters. The van der Waals surface area contributed by atoms with Crippen molar-refractivity contribution < 1.29 is 5.11 Å². The van der Waals surface area contributed by atoms with Gasteiger partial charge in [-0.15, -0.1) is 0 Å². The van der Waals surface area contributed by atoms with Gasteiger partial charge >= 0.3 is 0 Å². The van der Waals surface area contributed by atoms with Crippen molar-refractivity contribution in [3.05, 3.63) is 23.8 Å². The van der Waals surface area contributed by atoms with E-state index in [9.17, 15) is 5.11 Å². The summed E-state index contributed by atoms with van der Waals surface area (Å²) in [7, 11) is 0. The Kier molecular flexibility index (Phi) is 5.86. The van der Waals surface area contributed by atoms with Crippen LogP contribution in [0.25, 0.3) is 0 Å². The van der Waals surface area contributed by atoms with Crippen LogP contribution in [-0.4, -0.2) is 11.2 Å². The molecule has 0 bridgehead atoms. The molecule has 164 valence electrons. The minimum atomic E-state index is -0.180. The Labute approximate surface area is 180 Å². The highest BCUT2D eigenvalue weighted by Crippen LogP contribution is 2.67. The molecule has 3 saturated carbocycles. The van der Waals surface area contributed by atoms with Gasteiger partial charge in [0.1, 0.15) is 0 Å². The Balaban J connectivity index is 1.49. The van der Waals surface area contributed by atoms with E-state index in [0.29, 0.717) is 16.7 Å². The maximum absolute atomic E-state index is 10.2. The molecule has 1 heteroatoms. The average Bonchev–Trinajstić information content (AvgIpc) is 3.03. The van der Waals surface area contributed by atoms with Crippen LogP contribution in [0.1, 0.15) is 98.8 Å². The van der Waals surface area contributed by atoms with E-state index in [0.717, 1.165) is 36.0 Å². The number of rotatable bonds is 5. The van der Waals surface area contributed by atoms with E-state index in [2.05, 4.69) is 47.3 Å². The molecular formula is C28H46O. The lowest BCUT2D eigenvalue weighted by molar-refractivity contribution is -0.0625. The fourth-order valence-electron chi connectivity index (χ4n) is 8.59. The van der Waals surface area contributed by atoms with E-state index in [1.54, 1.807) is 5.57 Å². The maximum atomic E-state index is 10.2. The Morgan fingerprint density at radius 3 is 2.55 bits per heavy atom. The number of hydrogen-bond acceptors (Lipinski definition) is 1.